The number of hydrogen-bond donors (Lipinski definition) is 16. The van der Waals surface area contributed by atoms with Crippen molar-refractivity contribution in [3.63, 3.8) is 0 Å². The molecule has 0 radical (unpaired) electrons. The summed E-state index contributed by atoms with van der Waals surface area (Å²) in [5.74, 6) is -10.3. The number of primary amides is 2. The van der Waals surface area contributed by atoms with Crippen LogP contribution in [0.4, 0.5) is 21.0 Å². The standard InChI is InChI=1S/C70H91ClN18O16/c1-37(2)75-26-7-6-11-56(68(103)88-27-9-12-55(88)66(101)77-39(4)59(72)94)89-38(3)28-53(67(89)102)84-63(98)50(31-43-17-23-47(24-18-43)79-69(73)104)81-62(97)49(30-42-15-21-46(22-16-42)78-60(95)52-33-57(92)87-70(105)86-52)83-65(100)54(36-90)85-64(99)51(32-44-10-8-25-74-34-44)82-61(96)48(80-58(93)35-76-40(5)91)29-41-13-19-45(71)20-14-41/h8,10,13-25,34,37-39,48-56,75,90H,6-7,9,11-12,26-33,35-36H2,1-5H3,(H2,72,94)(H,76,91)(H,77,101)(H,78,95)(H,80,93)(H,81,97)(H,82,96)(H,83,100)(H,84,98)(H,85,99)(H3,73,79,104)(H2,86,87,92,105)/t38?,39-,48-,49+,50-,51-,52+,53+,54+,55+,56?/m1/s1. The highest BCUT2D eigenvalue weighted by Crippen LogP contribution is 2.29. The third kappa shape index (κ3) is 24.8. The van der Waals surface area contributed by atoms with Crippen molar-refractivity contribution in [2.45, 2.75) is 178 Å². The molecule has 0 bridgehead atoms. The Balaban J connectivity index is 1.19. The number of nitrogens with zero attached hydrogens (tertiary/aromatic N) is 3. The van der Waals surface area contributed by atoms with Crippen molar-refractivity contribution in [2.75, 3.05) is 36.9 Å². The summed E-state index contributed by atoms with van der Waals surface area (Å²) in [5.41, 5.74) is 12.9. The van der Waals surface area contributed by atoms with E-state index in [4.69, 9.17) is 23.1 Å². The first-order chi connectivity index (χ1) is 49.9. The van der Waals surface area contributed by atoms with E-state index in [1.54, 1.807) is 43.3 Å². The molecule has 3 aliphatic heterocycles. The summed E-state index contributed by atoms with van der Waals surface area (Å²) in [6.45, 7) is 7.42. The zero-order valence-corrected chi connectivity index (χ0v) is 59.5. The normalized spacial score (nSPS) is 18.2. The fourth-order valence-electron chi connectivity index (χ4n) is 12.2. The predicted octanol–water partition coefficient (Wildman–Crippen LogP) is -1.79. The first-order valence-corrected chi connectivity index (χ1v) is 34.7. The maximum atomic E-state index is 15.3. The van der Waals surface area contributed by atoms with Gasteiger partial charge in [0.2, 0.25) is 76.8 Å². The third-order valence-electron chi connectivity index (χ3n) is 17.6. The van der Waals surface area contributed by atoms with Crippen LogP contribution >= 0.6 is 11.6 Å². The van der Waals surface area contributed by atoms with Crippen LogP contribution in [0.25, 0.3) is 0 Å². The minimum Gasteiger partial charge on any atom is -0.394 e. The smallest absolute Gasteiger partial charge is 0.322 e. The molecule has 35 heteroatoms. The highest BCUT2D eigenvalue weighted by Gasteiger charge is 2.48. The lowest BCUT2D eigenvalue weighted by Crippen LogP contribution is -2.61. The van der Waals surface area contributed by atoms with Gasteiger partial charge in [0.15, 0.2) is 0 Å². The van der Waals surface area contributed by atoms with Crippen molar-refractivity contribution in [2.24, 2.45) is 11.5 Å². The number of benzene rings is 3. The molecule has 3 saturated heterocycles. The number of rotatable bonds is 36. The minimum absolute atomic E-state index is 0.0290. The van der Waals surface area contributed by atoms with Crippen molar-refractivity contribution in [3.05, 3.63) is 125 Å². The number of nitrogens with one attached hydrogen (secondary N) is 13. The summed E-state index contributed by atoms with van der Waals surface area (Å²) in [4.78, 5) is 210. The number of aromatic nitrogens is 1. The van der Waals surface area contributed by atoms with Crippen molar-refractivity contribution in [3.8, 4) is 0 Å². The Labute approximate surface area is 610 Å². The van der Waals surface area contributed by atoms with Crippen LogP contribution in [0.3, 0.4) is 0 Å². The lowest BCUT2D eigenvalue weighted by atomic mass is 10.0. The van der Waals surface area contributed by atoms with E-state index >= 15 is 9.59 Å². The van der Waals surface area contributed by atoms with E-state index in [1.165, 1.54) is 84.6 Å². The second-order valence-corrected chi connectivity index (χ2v) is 26.7. The predicted molar refractivity (Wildman–Crippen MR) is 381 cm³/mol. The zero-order chi connectivity index (χ0) is 76.6. The number of hydrogen-bond acceptors (Lipinski definition) is 18. The van der Waals surface area contributed by atoms with Crippen LogP contribution in [0, 0.1) is 0 Å². The topological polar surface area (TPSA) is 504 Å². The number of pyridine rings is 1. The number of urea groups is 2. The number of halogens is 1. The average Bonchev–Trinajstić information content (AvgIpc) is 1.66. The van der Waals surface area contributed by atoms with Crippen molar-refractivity contribution in [1.82, 2.24) is 73.3 Å². The number of imide groups is 1. The van der Waals surface area contributed by atoms with Gasteiger partial charge in [-0.05, 0) is 124 Å². The summed E-state index contributed by atoms with van der Waals surface area (Å²) in [5, 5.41) is 44.8. The Kier molecular flexibility index (Phi) is 30.1. The summed E-state index contributed by atoms with van der Waals surface area (Å²) < 4.78 is 0. The minimum atomic E-state index is -1.89. The second kappa shape index (κ2) is 38.9. The van der Waals surface area contributed by atoms with E-state index in [9.17, 15) is 67.4 Å². The average molecular weight is 1480 g/mol. The molecule has 0 spiro atoms. The first-order valence-electron chi connectivity index (χ1n) is 34.4. The van der Waals surface area contributed by atoms with Gasteiger partial charge in [-0.1, -0.05) is 67.9 Å². The molecule has 4 heterocycles. The maximum Gasteiger partial charge on any atom is 0.322 e. The molecule has 11 atom stereocenters. The molecule has 0 saturated carbocycles. The lowest BCUT2D eigenvalue weighted by molar-refractivity contribution is -0.149. The van der Waals surface area contributed by atoms with Crippen LogP contribution < -0.4 is 80.6 Å². The monoisotopic (exact) mass is 1470 g/mol. The second-order valence-electron chi connectivity index (χ2n) is 26.2. The van der Waals surface area contributed by atoms with Crippen molar-refractivity contribution in [1.29, 1.82) is 0 Å². The Hall–Kier alpha value is -11.1. The number of unbranched alkanes of at least 4 members (excludes halogenated alkanes) is 1. The summed E-state index contributed by atoms with van der Waals surface area (Å²) >= 11 is 6.13. The van der Waals surface area contributed by atoms with Crippen LogP contribution in [-0.2, 0) is 88.0 Å². The van der Waals surface area contributed by atoms with Crippen LogP contribution in [0.1, 0.15) is 102 Å². The van der Waals surface area contributed by atoms with Crippen molar-refractivity contribution >= 4 is 112 Å². The lowest BCUT2D eigenvalue weighted by Gasteiger charge is -2.35. The zero-order valence-electron chi connectivity index (χ0n) is 58.7. The number of nitrogens with two attached hydrogens (primary N) is 2. The summed E-state index contributed by atoms with van der Waals surface area (Å²) in [6.07, 6.45) is 3.31. The summed E-state index contributed by atoms with van der Waals surface area (Å²) in [7, 11) is 0. The third-order valence-corrected chi connectivity index (χ3v) is 17.8. The molecular formula is C70H91ClN18O16. The highest BCUT2D eigenvalue weighted by molar-refractivity contribution is 6.30. The van der Waals surface area contributed by atoms with Gasteiger partial charge in [-0.25, -0.2) is 9.59 Å². The van der Waals surface area contributed by atoms with Crippen LogP contribution in [0.15, 0.2) is 97.3 Å². The number of likely N-dealkylation sites (tertiary alicyclic amines) is 2. The Bertz CT molecular complexity index is 3800. The van der Waals surface area contributed by atoms with E-state index in [2.05, 4.69) is 68.8 Å². The Morgan fingerprint density at radius 1 is 0.667 bits per heavy atom. The molecule has 4 aromatic rings. The number of aliphatic hydroxyl groups is 1. The molecule has 3 fully saturated rings. The van der Waals surface area contributed by atoms with Gasteiger partial charge in [-0.15, -0.1) is 0 Å². The van der Waals surface area contributed by atoms with E-state index in [0.29, 0.717) is 53.1 Å². The largest absolute Gasteiger partial charge is 0.394 e. The highest BCUT2D eigenvalue weighted by atomic mass is 35.5. The molecule has 105 heavy (non-hydrogen) atoms. The molecule has 18 N–H and O–H groups in total. The van der Waals surface area contributed by atoms with Gasteiger partial charge in [-0.3, -0.25) is 72.6 Å². The molecule has 7 rings (SSSR count). The first kappa shape index (κ1) is 81.2. The molecule has 1 aromatic heterocycles. The summed E-state index contributed by atoms with van der Waals surface area (Å²) in [6, 6.07) is 5.16. The van der Waals surface area contributed by atoms with Gasteiger partial charge in [0.25, 0.3) is 0 Å². The molecule has 17 amide bonds. The molecule has 0 aliphatic carbocycles. The SMILES string of the molecule is CC(=O)NCC(=O)N[C@H](Cc1ccc(Cl)cc1)C(=O)N[C@H](Cc1cccnc1)C(=O)N[C@@H](CO)C(=O)N[C@@H](Cc1ccc(NC(=O)[C@@H]2CC(=O)NC(=O)N2)cc1)C(=O)N[C@H](Cc1ccc(NC(N)=O)cc1)C(=O)N[C@H]1CC(C)N(C(CCCCNC(C)C)C(=O)N2CCC[C@H]2C(=O)N[C@H](C)C(N)=O)C1=O. The fraction of sp³-hybridized carbons (Fsp3) is 0.457. The number of anilines is 2. The van der Waals surface area contributed by atoms with Gasteiger partial charge in [0.1, 0.15) is 60.4 Å². The number of aliphatic hydroxyl groups excluding tert-OH is 1. The van der Waals surface area contributed by atoms with Gasteiger partial charge in [0.05, 0.1) is 19.6 Å². The van der Waals surface area contributed by atoms with Crippen LogP contribution in [-0.4, -0.2) is 207 Å². The molecular weight excluding hydrogens is 1380 g/mol. The molecule has 34 nitrogen and oxygen atoms in total. The Morgan fingerprint density at radius 3 is 1.74 bits per heavy atom. The maximum absolute atomic E-state index is 15.3. The van der Waals surface area contributed by atoms with E-state index in [0.717, 1.165) is 0 Å². The number of amides is 17. The van der Waals surface area contributed by atoms with Gasteiger partial charge < -0.3 is 90.2 Å². The Morgan fingerprint density at radius 2 is 1.21 bits per heavy atom. The molecule has 3 aromatic carbocycles. The van der Waals surface area contributed by atoms with Crippen LogP contribution in [0.2, 0.25) is 5.02 Å². The fourth-order valence-corrected chi connectivity index (χ4v) is 12.3. The van der Waals surface area contributed by atoms with Gasteiger partial charge in [-0.2, -0.15) is 0 Å². The van der Waals surface area contributed by atoms with Gasteiger partial charge >= 0.3 is 12.1 Å². The van der Waals surface area contributed by atoms with E-state index in [-0.39, 0.29) is 68.9 Å². The van der Waals surface area contributed by atoms with Crippen molar-refractivity contribution < 1.29 is 77.0 Å². The molecule has 3 aliphatic rings. The van der Waals surface area contributed by atoms with E-state index < -0.39 is 175 Å². The molecule has 2 unspecified atom stereocenters. The van der Waals surface area contributed by atoms with Crippen LogP contribution in [0.5, 0.6) is 0 Å². The van der Waals surface area contributed by atoms with Gasteiger partial charge in [0, 0.05) is 80.0 Å². The quantitative estimate of drug-likeness (QED) is 0.0224. The van der Waals surface area contributed by atoms with E-state index in [1.807, 2.05) is 19.2 Å². The number of carbonyl (C=O) groups excluding carboxylic acids is 15. The molecule has 564 valence electrons. The number of carbonyl (C=O) groups is 15.